The zero-order valence-electron chi connectivity index (χ0n) is 17.4. The SMILES string of the molecule is CC[N+](CC)(CC)CC.O=C(O)c1ccccc1[S+]([O-])c1ccccc1C(=O)O. The number of carboxylic acids is 2. The van der Waals surface area contributed by atoms with Crippen LogP contribution in [0.4, 0.5) is 0 Å². The van der Waals surface area contributed by atoms with E-state index in [4.69, 9.17) is 10.2 Å². The second-order valence-electron chi connectivity index (χ2n) is 6.48. The van der Waals surface area contributed by atoms with Crippen LogP contribution in [0.5, 0.6) is 0 Å². The lowest BCUT2D eigenvalue weighted by atomic mass is 10.2. The zero-order valence-corrected chi connectivity index (χ0v) is 18.2. The minimum Gasteiger partial charge on any atom is -0.606 e. The summed E-state index contributed by atoms with van der Waals surface area (Å²) in [6, 6.07) is 11.7. The van der Waals surface area contributed by atoms with Gasteiger partial charge in [-0.3, -0.25) is 0 Å². The molecule has 0 fully saturated rings. The molecule has 0 amide bonds. The highest BCUT2D eigenvalue weighted by atomic mass is 32.2. The van der Waals surface area contributed by atoms with Crippen molar-refractivity contribution >= 4 is 23.1 Å². The van der Waals surface area contributed by atoms with Gasteiger partial charge in [0.1, 0.15) is 11.1 Å². The maximum atomic E-state index is 12.5. The van der Waals surface area contributed by atoms with E-state index in [2.05, 4.69) is 27.7 Å². The molecule has 7 heteroatoms. The summed E-state index contributed by atoms with van der Waals surface area (Å²) in [5, 5.41) is 18.2. The van der Waals surface area contributed by atoms with Crippen LogP contribution < -0.4 is 0 Å². The summed E-state index contributed by atoms with van der Waals surface area (Å²) in [5.74, 6) is -2.41. The first-order valence-electron chi connectivity index (χ1n) is 9.68. The van der Waals surface area contributed by atoms with Gasteiger partial charge in [0.2, 0.25) is 0 Å². The van der Waals surface area contributed by atoms with Crippen molar-refractivity contribution < 1.29 is 28.8 Å². The Morgan fingerprint density at radius 2 is 1.07 bits per heavy atom. The molecule has 0 radical (unpaired) electrons. The van der Waals surface area contributed by atoms with E-state index in [-0.39, 0.29) is 20.9 Å². The Bertz CT molecular complexity index is 745. The molecule has 2 N–H and O–H groups in total. The maximum absolute atomic E-state index is 12.5. The average molecular weight is 421 g/mol. The van der Waals surface area contributed by atoms with E-state index >= 15 is 0 Å². The van der Waals surface area contributed by atoms with Gasteiger partial charge in [-0.05, 0) is 52.0 Å². The minimum absolute atomic E-state index is 0.0775. The Morgan fingerprint density at radius 3 is 1.31 bits per heavy atom. The Labute approximate surface area is 175 Å². The molecule has 6 nitrogen and oxygen atoms in total. The summed E-state index contributed by atoms with van der Waals surface area (Å²) >= 11 is -1.87. The van der Waals surface area contributed by atoms with Crippen molar-refractivity contribution in [3.05, 3.63) is 59.7 Å². The molecule has 0 atom stereocenters. The molecule has 158 valence electrons. The summed E-state index contributed by atoms with van der Waals surface area (Å²) in [6.07, 6.45) is 0. The van der Waals surface area contributed by atoms with Crippen molar-refractivity contribution in [1.29, 1.82) is 0 Å². The Balaban J connectivity index is 0.000000396. The largest absolute Gasteiger partial charge is 0.606 e. The Morgan fingerprint density at radius 1 is 0.759 bits per heavy atom. The van der Waals surface area contributed by atoms with Crippen LogP contribution in [0.1, 0.15) is 48.4 Å². The van der Waals surface area contributed by atoms with Gasteiger partial charge in [0.25, 0.3) is 0 Å². The number of aromatic carboxylic acids is 2. The molecule has 29 heavy (non-hydrogen) atoms. The van der Waals surface area contributed by atoms with Gasteiger partial charge in [0, 0.05) is 11.2 Å². The number of quaternary nitrogens is 1. The summed E-state index contributed by atoms with van der Waals surface area (Å²) in [6.45, 7) is 14.2. The van der Waals surface area contributed by atoms with Gasteiger partial charge in [0.05, 0.1) is 26.2 Å². The summed E-state index contributed by atoms with van der Waals surface area (Å²) < 4.78 is 13.8. The van der Waals surface area contributed by atoms with Gasteiger partial charge in [-0.25, -0.2) is 9.59 Å². The highest BCUT2D eigenvalue weighted by Crippen LogP contribution is 2.26. The van der Waals surface area contributed by atoms with Crippen molar-refractivity contribution in [2.75, 3.05) is 26.2 Å². The fourth-order valence-electron chi connectivity index (χ4n) is 3.07. The third-order valence-corrected chi connectivity index (χ3v) is 6.83. The third kappa shape index (κ3) is 6.32. The van der Waals surface area contributed by atoms with Crippen molar-refractivity contribution in [3.8, 4) is 0 Å². The fraction of sp³-hybridized carbons (Fsp3) is 0.364. The molecule has 2 aromatic carbocycles. The van der Waals surface area contributed by atoms with Gasteiger partial charge in [-0.15, -0.1) is 0 Å². The van der Waals surface area contributed by atoms with E-state index in [9.17, 15) is 14.1 Å². The van der Waals surface area contributed by atoms with E-state index in [1.165, 1.54) is 67.1 Å². The van der Waals surface area contributed by atoms with Gasteiger partial charge >= 0.3 is 11.9 Å². The molecule has 0 spiro atoms. The summed E-state index contributed by atoms with van der Waals surface area (Å²) in [7, 11) is 0. The summed E-state index contributed by atoms with van der Waals surface area (Å²) in [5.41, 5.74) is -0.211. The van der Waals surface area contributed by atoms with Crippen LogP contribution in [-0.4, -0.2) is 57.4 Å². The quantitative estimate of drug-likeness (QED) is 0.494. The normalized spacial score (nSPS) is 11.0. The fourth-order valence-corrected chi connectivity index (χ4v) is 4.42. The molecule has 0 unspecified atom stereocenters. The Kier molecular flexibility index (Phi) is 9.88. The molecule has 0 aliphatic rings. The van der Waals surface area contributed by atoms with Crippen molar-refractivity contribution in [1.82, 2.24) is 0 Å². The average Bonchev–Trinajstić information content (AvgIpc) is 2.75. The maximum Gasteiger partial charge on any atom is 0.340 e. The smallest absolute Gasteiger partial charge is 0.340 e. The van der Waals surface area contributed by atoms with Gasteiger partial charge in [-0.2, -0.15) is 0 Å². The number of hydrogen-bond acceptors (Lipinski definition) is 3. The number of carbonyl (C=O) groups is 2. The number of carboxylic acid groups (broad SMARTS) is 2. The lowest BCUT2D eigenvalue weighted by Crippen LogP contribution is -2.47. The van der Waals surface area contributed by atoms with Gasteiger partial charge < -0.3 is 19.2 Å². The predicted molar refractivity (Wildman–Crippen MR) is 114 cm³/mol. The van der Waals surface area contributed by atoms with E-state index < -0.39 is 23.1 Å². The minimum atomic E-state index is -1.87. The van der Waals surface area contributed by atoms with E-state index in [0.717, 1.165) is 0 Å². The molecular weight excluding hydrogens is 390 g/mol. The van der Waals surface area contributed by atoms with Crippen LogP contribution in [0.3, 0.4) is 0 Å². The monoisotopic (exact) mass is 420 g/mol. The standard InChI is InChI=1S/C14H10O5S.C8H20N/c15-13(16)9-5-1-3-7-11(9)20(19)12-8-4-2-6-10(12)14(17)18;1-5-9(6-2,7-3)8-4/h1-8H,(H,15,16)(H,17,18);5-8H2,1-4H3/q;+1. The molecule has 0 heterocycles. The van der Waals surface area contributed by atoms with Crippen LogP contribution >= 0.6 is 0 Å². The molecule has 2 aromatic rings. The van der Waals surface area contributed by atoms with Gasteiger partial charge in [-0.1, -0.05) is 24.3 Å². The molecule has 0 saturated carbocycles. The first kappa shape index (κ1) is 24.7. The molecule has 0 aliphatic heterocycles. The second kappa shape index (κ2) is 11.6. The lowest BCUT2D eigenvalue weighted by molar-refractivity contribution is -0.921. The zero-order chi connectivity index (χ0) is 22.0. The van der Waals surface area contributed by atoms with Crippen LogP contribution in [0.25, 0.3) is 0 Å². The highest BCUT2D eigenvalue weighted by Gasteiger charge is 2.26. The van der Waals surface area contributed by atoms with Crippen molar-refractivity contribution in [2.45, 2.75) is 37.5 Å². The summed E-state index contributed by atoms with van der Waals surface area (Å²) in [4.78, 5) is 22.4. The van der Waals surface area contributed by atoms with Gasteiger partial charge in [0.15, 0.2) is 9.79 Å². The molecule has 2 rings (SSSR count). The molecule has 0 aromatic heterocycles. The lowest BCUT2D eigenvalue weighted by Gasteiger charge is -2.34. The third-order valence-electron chi connectivity index (χ3n) is 5.32. The van der Waals surface area contributed by atoms with E-state index in [0.29, 0.717) is 0 Å². The molecule has 0 saturated heterocycles. The predicted octanol–water partition coefficient (Wildman–Crippen LogP) is 4.13. The number of hydrogen-bond donors (Lipinski definition) is 2. The molecular formula is C22H30NO5S+. The van der Waals surface area contributed by atoms with Crippen LogP contribution in [-0.2, 0) is 11.2 Å². The van der Waals surface area contributed by atoms with Crippen LogP contribution in [0.2, 0.25) is 0 Å². The van der Waals surface area contributed by atoms with E-state index in [1.807, 2.05) is 0 Å². The Hall–Kier alpha value is -2.35. The number of nitrogens with zero attached hydrogens (tertiary/aromatic N) is 1. The first-order chi connectivity index (χ1) is 13.8. The molecule has 0 aliphatic carbocycles. The number of benzene rings is 2. The van der Waals surface area contributed by atoms with Crippen LogP contribution in [0, 0.1) is 0 Å². The van der Waals surface area contributed by atoms with E-state index in [1.54, 1.807) is 12.1 Å². The second-order valence-corrected chi connectivity index (χ2v) is 7.90. The first-order valence-corrected chi connectivity index (χ1v) is 10.8. The topological polar surface area (TPSA) is 97.7 Å². The van der Waals surface area contributed by atoms with Crippen LogP contribution in [0.15, 0.2) is 58.3 Å². The van der Waals surface area contributed by atoms with Crippen molar-refractivity contribution in [2.24, 2.45) is 0 Å². The van der Waals surface area contributed by atoms with Crippen molar-refractivity contribution in [3.63, 3.8) is 0 Å². The number of rotatable bonds is 8. The molecule has 0 bridgehead atoms. The highest BCUT2D eigenvalue weighted by molar-refractivity contribution is 7.91.